The third kappa shape index (κ3) is 6.78. The van der Waals surface area contributed by atoms with Gasteiger partial charge in [-0.1, -0.05) is 30.3 Å². The second kappa shape index (κ2) is 7.10. The third-order valence-electron chi connectivity index (χ3n) is 2.42. The van der Waals surface area contributed by atoms with E-state index >= 15 is 0 Å². The summed E-state index contributed by atoms with van der Waals surface area (Å²) in [5.41, 5.74) is 1.01. The summed E-state index contributed by atoms with van der Waals surface area (Å²) in [4.78, 5) is 11.6. The summed E-state index contributed by atoms with van der Waals surface area (Å²) in [7, 11) is -3.21. The van der Waals surface area contributed by atoms with Crippen LogP contribution in [0.2, 0.25) is 0 Å². The van der Waals surface area contributed by atoms with Crippen molar-refractivity contribution in [2.45, 2.75) is 13.0 Å². The fourth-order valence-electron chi connectivity index (χ4n) is 1.49. The lowest BCUT2D eigenvalue weighted by atomic mass is 10.1. The van der Waals surface area contributed by atoms with E-state index in [2.05, 4.69) is 15.4 Å². The number of carbonyl (C=O) groups is 1. The highest BCUT2D eigenvalue weighted by atomic mass is 32.2. The predicted octanol–water partition coefficient (Wildman–Crippen LogP) is 0.596. The number of hydrogen-bond acceptors (Lipinski definition) is 3. The Balaban J connectivity index is 2.28. The fraction of sp³-hybridized carbons (Fsp3) is 0.417. The smallest absolute Gasteiger partial charge is 0.315 e. The van der Waals surface area contributed by atoms with E-state index in [1.165, 1.54) is 0 Å². The maximum absolute atomic E-state index is 11.6. The number of rotatable bonds is 6. The molecule has 0 radical (unpaired) electrons. The minimum absolute atomic E-state index is 0.107. The van der Waals surface area contributed by atoms with Crippen LogP contribution < -0.4 is 15.4 Å². The highest BCUT2D eigenvalue weighted by Gasteiger charge is 2.08. The van der Waals surface area contributed by atoms with Gasteiger partial charge in [-0.15, -0.1) is 0 Å². The van der Waals surface area contributed by atoms with Gasteiger partial charge in [0.15, 0.2) is 0 Å². The Labute approximate surface area is 113 Å². The van der Waals surface area contributed by atoms with E-state index in [1.54, 1.807) is 0 Å². The molecule has 19 heavy (non-hydrogen) atoms. The summed E-state index contributed by atoms with van der Waals surface area (Å²) in [5, 5.41) is 5.35. The van der Waals surface area contributed by atoms with E-state index in [0.717, 1.165) is 11.8 Å². The second-order valence-corrected chi connectivity index (χ2v) is 6.03. The van der Waals surface area contributed by atoms with Gasteiger partial charge in [-0.25, -0.2) is 17.9 Å². The molecule has 2 amide bonds. The molecular formula is C12H19N3O3S. The summed E-state index contributed by atoms with van der Waals surface area (Å²) in [6, 6.07) is 9.14. The molecule has 1 aromatic rings. The third-order valence-corrected chi connectivity index (χ3v) is 3.15. The molecule has 1 rings (SSSR count). The van der Waals surface area contributed by atoms with Crippen LogP contribution in [-0.2, 0) is 10.0 Å². The lowest BCUT2D eigenvalue weighted by molar-refractivity contribution is 0.238. The Bertz CT molecular complexity index is 502. The monoisotopic (exact) mass is 285 g/mol. The van der Waals surface area contributed by atoms with Crippen LogP contribution in [0.25, 0.3) is 0 Å². The van der Waals surface area contributed by atoms with E-state index in [1.807, 2.05) is 37.3 Å². The first-order chi connectivity index (χ1) is 8.88. The van der Waals surface area contributed by atoms with Crippen molar-refractivity contribution in [3.63, 3.8) is 0 Å². The predicted molar refractivity (Wildman–Crippen MR) is 74.2 cm³/mol. The van der Waals surface area contributed by atoms with Crippen LogP contribution in [0.3, 0.4) is 0 Å². The topological polar surface area (TPSA) is 87.3 Å². The van der Waals surface area contributed by atoms with Crippen molar-refractivity contribution in [1.82, 2.24) is 15.4 Å². The number of sulfonamides is 1. The molecule has 0 saturated heterocycles. The number of benzene rings is 1. The van der Waals surface area contributed by atoms with Gasteiger partial charge in [0.2, 0.25) is 10.0 Å². The molecule has 0 aliphatic heterocycles. The molecule has 0 aromatic heterocycles. The van der Waals surface area contributed by atoms with E-state index in [-0.39, 0.29) is 25.2 Å². The van der Waals surface area contributed by atoms with Gasteiger partial charge in [0.1, 0.15) is 0 Å². The average molecular weight is 285 g/mol. The van der Waals surface area contributed by atoms with Gasteiger partial charge in [0, 0.05) is 13.1 Å². The Hall–Kier alpha value is -1.60. The molecule has 7 heteroatoms. The van der Waals surface area contributed by atoms with Gasteiger partial charge in [-0.3, -0.25) is 0 Å². The maximum Gasteiger partial charge on any atom is 0.315 e. The average Bonchev–Trinajstić information content (AvgIpc) is 2.34. The van der Waals surface area contributed by atoms with Crippen LogP contribution in [0.15, 0.2) is 30.3 Å². The Morgan fingerprint density at radius 3 is 2.42 bits per heavy atom. The van der Waals surface area contributed by atoms with Gasteiger partial charge in [-0.2, -0.15) is 0 Å². The first-order valence-corrected chi connectivity index (χ1v) is 7.81. The first-order valence-electron chi connectivity index (χ1n) is 5.92. The summed E-state index contributed by atoms with van der Waals surface area (Å²) in [6.45, 7) is 2.29. The molecule has 0 aliphatic carbocycles. The molecule has 106 valence electrons. The summed E-state index contributed by atoms with van der Waals surface area (Å²) < 4.78 is 23.9. The molecule has 1 atom stereocenters. The van der Waals surface area contributed by atoms with Crippen LogP contribution >= 0.6 is 0 Å². The molecule has 0 bridgehead atoms. The minimum atomic E-state index is -3.21. The van der Waals surface area contributed by atoms with Crippen molar-refractivity contribution in [3.05, 3.63) is 35.9 Å². The van der Waals surface area contributed by atoms with Crippen LogP contribution in [-0.4, -0.2) is 33.8 Å². The highest BCUT2D eigenvalue weighted by Crippen LogP contribution is 2.10. The van der Waals surface area contributed by atoms with E-state index in [4.69, 9.17) is 0 Å². The Morgan fingerprint density at radius 1 is 1.21 bits per heavy atom. The standard InChI is InChI=1S/C12H19N3O3S/c1-10(11-6-4-3-5-7-11)15-12(16)13-8-9-14-19(2,17)18/h3-7,10,14H,8-9H2,1-2H3,(H2,13,15,16). The van der Waals surface area contributed by atoms with Gasteiger partial charge in [0.25, 0.3) is 0 Å². The van der Waals surface area contributed by atoms with E-state index in [9.17, 15) is 13.2 Å². The normalized spacial score (nSPS) is 12.7. The largest absolute Gasteiger partial charge is 0.337 e. The van der Waals surface area contributed by atoms with Crippen molar-refractivity contribution in [1.29, 1.82) is 0 Å². The van der Waals surface area contributed by atoms with Gasteiger partial charge < -0.3 is 10.6 Å². The van der Waals surface area contributed by atoms with E-state index < -0.39 is 10.0 Å². The molecule has 0 saturated carbocycles. The minimum Gasteiger partial charge on any atom is -0.337 e. The van der Waals surface area contributed by atoms with Crippen molar-refractivity contribution >= 4 is 16.1 Å². The zero-order valence-corrected chi connectivity index (χ0v) is 11.8. The van der Waals surface area contributed by atoms with Crippen LogP contribution in [0, 0.1) is 0 Å². The van der Waals surface area contributed by atoms with Crippen LogP contribution in [0.4, 0.5) is 4.79 Å². The fourth-order valence-corrected chi connectivity index (χ4v) is 1.96. The van der Waals surface area contributed by atoms with Crippen molar-refractivity contribution in [2.24, 2.45) is 0 Å². The number of urea groups is 1. The summed E-state index contributed by atoms with van der Waals surface area (Å²) >= 11 is 0. The Morgan fingerprint density at radius 2 is 1.84 bits per heavy atom. The molecule has 0 heterocycles. The second-order valence-electron chi connectivity index (χ2n) is 4.20. The SMILES string of the molecule is CC(NC(=O)NCCNS(C)(=O)=O)c1ccccc1. The lowest BCUT2D eigenvalue weighted by Crippen LogP contribution is -2.41. The van der Waals surface area contributed by atoms with Crippen LogP contribution in [0.1, 0.15) is 18.5 Å². The summed E-state index contributed by atoms with van der Waals surface area (Å²) in [5.74, 6) is 0. The quantitative estimate of drug-likeness (QED) is 0.669. The zero-order chi connectivity index (χ0) is 14.3. The molecule has 1 aromatic carbocycles. The van der Waals surface area contributed by atoms with Gasteiger partial charge in [-0.05, 0) is 12.5 Å². The van der Waals surface area contributed by atoms with E-state index in [0.29, 0.717) is 0 Å². The molecule has 0 spiro atoms. The molecular weight excluding hydrogens is 266 g/mol. The van der Waals surface area contributed by atoms with Crippen molar-refractivity contribution in [2.75, 3.05) is 19.3 Å². The van der Waals surface area contributed by atoms with Crippen LogP contribution in [0.5, 0.6) is 0 Å². The van der Waals surface area contributed by atoms with Crippen molar-refractivity contribution < 1.29 is 13.2 Å². The maximum atomic E-state index is 11.6. The lowest BCUT2D eigenvalue weighted by Gasteiger charge is -2.15. The summed E-state index contributed by atoms with van der Waals surface area (Å²) in [6.07, 6.45) is 1.07. The molecule has 1 unspecified atom stereocenters. The molecule has 0 fully saturated rings. The number of hydrogen-bond donors (Lipinski definition) is 3. The van der Waals surface area contributed by atoms with Gasteiger partial charge in [0.05, 0.1) is 12.3 Å². The number of carbonyl (C=O) groups excluding carboxylic acids is 1. The zero-order valence-electron chi connectivity index (χ0n) is 11.0. The molecule has 0 aliphatic rings. The highest BCUT2D eigenvalue weighted by molar-refractivity contribution is 7.88. The molecule has 3 N–H and O–H groups in total. The number of amides is 2. The number of nitrogens with one attached hydrogen (secondary N) is 3. The molecule has 6 nitrogen and oxygen atoms in total. The van der Waals surface area contributed by atoms with Crippen molar-refractivity contribution in [3.8, 4) is 0 Å². The first kappa shape index (κ1) is 15.5. The van der Waals surface area contributed by atoms with Gasteiger partial charge >= 0.3 is 6.03 Å². The Kier molecular flexibility index (Phi) is 5.78.